The predicted octanol–water partition coefficient (Wildman–Crippen LogP) is 5.46. The lowest BCUT2D eigenvalue weighted by molar-refractivity contribution is -0.200. The van der Waals surface area contributed by atoms with Gasteiger partial charge in [-0.2, -0.15) is 5.06 Å². The van der Waals surface area contributed by atoms with Gasteiger partial charge in [0, 0.05) is 11.1 Å². The van der Waals surface area contributed by atoms with Crippen molar-refractivity contribution in [1.29, 1.82) is 0 Å². The third kappa shape index (κ3) is 5.70. The first-order chi connectivity index (χ1) is 16.4. The van der Waals surface area contributed by atoms with Gasteiger partial charge in [0.25, 0.3) is 0 Å². The molecule has 2 heterocycles. The van der Waals surface area contributed by atoms with Gasteiger partial charge in [0.1, 0.15) is 12.1 Å². The summed E-state index contributed by atoms with van der Waals surface area (Å²) in [7, 11) is -1.97. The number of rotatable bonds is 5. The van der Waals surface area contributed by atoms with E-state index in [1.165, 1.54) is 5.56 Å². The zero-order valence-corrected chi connectivity index (χ0v) is 22.9. The van der Waals surface area contributed by atoms with Crippen LogP contribution < -0.4 is 0 Å². The van der Waals surface area contributed by atoms with E-state index in [4.69, 9.17) is 14.0 Å². The highest BCUT2D eigenvalue weighted by Gasteiger charge is 2.55. The van der Waals surface area contributed by atoms with E-state index in [1.807, 2.05) is 36.4 Å². The van der Waals surface area contributed by atoms with E-state index >= 15 is 0 Å². The second kappa shape index (κ2) is 9.91. The molecule has 2 aromatic carbocycles. The number of hydroxylamine groups is 2. The molecule has 0 aliphatic carbocycles. The van der Waals surface area contributed by atoms with E-state index in [1.54, 1.807) is 5.06 Å². The first-order valence-corrected chi connectivity index (χ1v) is 15.3. The zero-order valence-electron chi connectivity index (χ0n) is 21.9. The number of benzene rings is 2. The summed E-state index contributed by atoms with van der Waals surface area (Å²) in [5, 5.41) is 1.90. The van der Waals surface area contributed by atoms with Crippen molar-refractivity contribution in [2.24, 2.45) is 5.92 Å². The smallest absolute Gasteiger partial charge is 0.326 e. The summed E-state index contributed by atoms with van der Waals surface area (Å²) in [6.45, 7) is 16.2. The molecule has 2 aliphatic heterocycles. The van der Waals surface area contributed by atoms with Gasteiger partial charge in [0.05, 0.1) is 25.2 Å². The Labute approximate surface area is 210 Å². The van der Waals surface area contributed by atoms with Crippen LogP contribution in [-0.2, 0) is 25.3 Å². The molecule has 4 rings (SSSR count). The minimum atomic E-state index is -1.97. The molecule has 6 heteroatoms. The number of ether oxygens (including phenoxy) is 1. The van der Waals surface area contributed by atoms with Crippen molar-refractivity contribution in [3.63, 3.8) is 0 Å². The van der Waals surface area contributed by atoms with Crippen LogP contribution in [0.3, 0.4) is 0 Å². The molecule has 0 unspecified atom stereocenters. The number of hydrogen-bond donors (Lipinski definition) is 0. The molecule has 0 radical (unpaired) electrons. The van der Waals surface area contributed by atoms with Crippen LogP contribution in [0, 0.1) is 24.7 Å². The molecule has 4 atom stereocenters. The first-order valence-electron chi connectivity index (χ1n) is 12.4. The highest BCUT2D eigenvalue weighted by atomic mass is 28.4. The molecule has 0 N–H and O–H groups in total. The van der Waals surface area contributed by atoms with Gasteiger partial charge >= 0.3 is 5.97 Å². The number of carbonyl (C=O) groups is 1. The summed E-state index contributed by atoms with van der Waals surface area (Å²) in [6.07, 6.45) is -0.331. The van der Waals surface area contributed by atoms with Crippen LogP contribution >= 0.6 is 0 Å². The standard InChI is InChI=1S/C29H37NO4Si/c1-20-8-10-22(11-9-20)12-13-23-14-16-24(17-15-23)18-30-26-25(19-32-28(26)31)27(33-30)21(2)34-35(6,7)29(3,4)5/h8-11,14-17,21,25-27H,18-19H2,1-7H3/t21-,25-,26-,27-/m0/s1. The van der Waals surface area contributed by atoms with Crippen LogP contribution in [0.5, 0.6) is 0 Å². The third-order valence-electron chi connectivity index (χ3n) is 7.50. The zero-order chi connectivity index (χ0) is 25.4. The Morgan fingerprint density at radius 3 is 2.20 bits per heavy atom. The topological polar surface area (TPSA) is 48.0 Å². The summed E-state index contributed by atoms with van der Waals surface area (Å²) in [5.41, 5.74) is 4.23. The Bertz CT molecular complexity index is 1110. The van der Waals surface area contributed by atoms with Crippen molar-refractivity contribution in [2.75, 3.05) is 6.61 Å². The van der Waals surface area contributed by atoms with Crippen molar-refractivity contribution in [3.8, 4) is 11.8 Å². The molecule has 2 aromatic rings. The maximum atomic E-state index is 12.6. The van der Waals surface area contributed by atoms with Crippen LogP contribution in [0.15, 0.2) is 48.5 Å². The van der Waals surface area contributed by atoms with Crippen LogP contribution in [0.4, 0.5) is 0 Å². The van der Waals surface area contributed by atoms with E-state index < -0.39 is 14.4 Å². The van der Waals surface area contributed by atoms with Crippen LogP contribution in [0.1, 0.15) is 49.9 Å². The Morgan fingerprint density at radius 2 is 1.63 bits per heavy atom. The molecule has 0 spiro atoms. The SMILES string of the molecule is Cc1ccc(C#Cc2ccc(CN3O[C@@H]([C@H](C)O[Si](C)(C)C(C)(C)C)[C@H]4COC(=O)[C@H]43)cc2)cc1. The molecule has 0 bridgehead atoms. The van der Waals surface area contributed by atoms with Gasteiger partial charge in [-0.15, -0.1) is 0 Å². The number of hydrogen-bond acceptors (Lipinski definition) is 5. The van der Waals surface area contributed by atoms with Crippen molar-refractivity contribution in [1.82, 2.24) is 5.06 Å². The van der Waals surface area contributed by atoms with Gasteiger partial charge in [0.15, 0.2) is 8.32 Å². The summed E-state index contributed by atoms with van der Waals surface area (Å²) < 4.78 is 12.1. The number of esters is 1. The second-order valence-corrected chi connectivity index (χ2v) is 16.0. The fourth-order valence-corrected chi connectivity index (χ4v) is 5.79. The predicted molar refractivity (Wildman–Crippen MR) is 140 cm³/mol. The molecule has 2 fully saturated rings. The molecule has 35 heavy (non-hydrogen) atoms. The second-order valence-electron chi connectivity index (χ2n) is 11.3. The van der Waals surface area contributed by atoms with Crippen molar-refractivity contribution in [2.45, 2.75) is 77.5 Å². The molecule has 0 amide bonds. The van der Waals surface area contributed by atoms with Crippen molar-refractivity contribution >= 4 is 14.3 Å². The van der Waals surface area contributed by atoms with E-state index in [0.29, 0.717) is 13.2 Å². The van der Waals surface area contributed by atoms with Crippen LogP contribution in [-0.4, -0.2) is 44.2 Å². The normalized spacial score (nSPS) is 23.4. The quantitative estimate of drug-likeness (QED) is 0.316. The Kier molecular flexibility index (Phi) is 7.26. The highest BCUT2D eigenvalue weighted by molar-refractivity contribution is 6.74. The number of nitrogens with zero attached hydrogens (tertiary/aromatic N) is 1. The molecule has 0 aromatic heterocycles. The monoisotopic (exact) mass is 491 g/mol. The van der Waals surface area contributed by atoms with Crippen molar-refractivity contribution in [3.05, 3.63) is 70.8 Å². The minimum Gasteiger partial charge on any atom is -0.464 e. The van der Waals surface area contributed by atoms with E-state index in [0.717, 1.165) is 16.7 Å². The fraction of sp³-hybridized carbons (Fsp3) is 0.483. The lowest BCUT2D eigenvalue weighted by Crippen LogP contribution is -2.47. The van der Waals surface area contributed by atoms with Crippen LogP contribution in [0.2, 0.25) is 18.1 Å². The highest BCUT2D eigenvalue weighted by Crippen LogP contribution is 2.41. The van der Waals surface area contributed by atoms with Gasteiger partial charge in [0.2, 0.25) is 0 Å². The minimum absolute atomic E-state index is 0.0260. The summed E-state index contributed by atoms with van der Waals surface area (Å²) >= 11 is 0. The molecule has 186 valence electrons. The summed E-state index contributed by atoms with van der Waals surface area (Å²) in [6, 6.07) is 15.9. The van der Waals surface area contributed by atoms with Gasteiger partial charge < -0.3 is 9.16 Å². The summed E-state index contributed by atoms with van der Waals surface area (Å²) in [5.74, 6) is 6.19. The molecule has 5 nitrogen and oxygen atoms in total. The number of carbonyl (C=O) groups excluding carboxylic acids is 1. The number of aryl methyl sites for hydroxylation is 1. The van der Waals surface area contributed by atoms with Gasteiger partial charge in [-0.3, -0.25) is 9.63 Å². The fourth-order valence-electron chi connectivity index (χ4n) is 4.37. The van der Waals surface area contributed by atoms with Crippen molar-refractivity contribution < 1.29 is 18.8 Å². The lowest BCUT2D eigenvalue weighted by Gasteiger charge is -2.40. The van der Waals surface area contributed by atoms with E-state index in [-0.39, 0.29) is 29.1 Å². The molecule has 2 saturated heterocycles. The number of cyclic esters (lactones) is 1. The Balaban J connectivity index is 1.44. The maximum Gasteiger partial charge on any atom is 0.326 e. The summed E-state index contributed by atoms with van der Waals surface area (Å²) in [4.78, 5) is 18.9. The molecular weight excluding hydrogens is 454 g/mol. The first kappa shape index (κ1) is 25.7. The average Bonchev–Trinajstić information content (AvgIpc) is 3.34. The Morgan fingerprint density at radius 1 is 1.06 bits per heavy atom. The van der Waals surface area contributed by atoms with Gasteiger partial charge in [-0.05, 0) is 61.8 Å². The van der Waals surface area contributed by atoms with Gasteiger partial charge in [-0.25, -0.2) is 0 Å². The third-order valence-corrected chi connectivity index (χ3v) is 12.1. The molecule has 2 aliphatic rings. The van der Waals surface area contributed by atoms with Crippen LogP contribution in [0.25, 0.3) is 0 Å². The number of fused-ring (bicyclic) bond motifs is 1. The van der Waals surface area contributed by atoms with Gasteiger partial charge in [-0.1, -0.05) is 62.4 Å². The average molecular weight is 492 g/mol. The molecule has 0 saturated carbocycles. The largest absolute Gasteiger partial charge is 0.464 e. The van der Waals surface area contributed by atoms with E-state index in [2.05, 4.69) is 71.7 Å². The Hall–Kier alpha value is -2.43. The molecular formula is C29H37NO4Si. The lowest BCUT2D eigenvalue weighted by atomic mass is 9.95. The van der Waals surface area contributed by atoms with E-state index in [9.17, 15) is 4.79 Å². The maximum absolute atomic E-state index is 12.6.